The highest BCUT2D eigenvalue weighted by Gasteiger charge is 2.26. The summed E-state index contributed by atoms with van der Waals surface area (Å²) in [4.78, 5) is 2.63. The van der Waals surface area contributed by atoms with Gasteiger partial charge in [-0.3, -0.25) is 4.90 Å². The predicted octanol–water partition coefficient (Wildman–Crippen LogP) is 2.56. The molecule has 0 radical (unpaired) electrons. The van der Waals surface area contributed by atoms with E-state index in [4.69, 9.17) is 5.73 Å². The van der Waals surface area contributed by atoms with Crippen LogP contribution < -0.4 is 5.73 Å². The van der Waals surface area contributed by atoms with Crippen molar-refractivity contribution in [3.8, 4) is 0 Å². The first-order chi connectivity index (χ1) is 8.83. The molecule has 1 heterocycles. The van der Waals surface area contributed by atoms with Gasteiger partial charge >= 0.3 is 0 Å². The quantitative estimate of drug-likeness (QED) is 0.866. The van der Waals surface area contributed by atoms with Crippen molar-refractivity contribution in [2.75, 3.05) is 13.1 Å². The minimum atomic E-state index is 0.448. The fourth-order valence-corrected chi connectivity index (χ4v) is 3.55. The molecule has 1 aliphatic carbocycles. The van der Waals surface area contributed by atoms with E-state index in [1.54, 1.807) is 5.56 Å². The zero-order valence-corrected chi connectivity index (χ0v) is 11.1. The molecule has 98 valence electrons. The molecule has 2 heteroatoms. The zero-order chi connectivity index (χ0) is 12.4. The number of nitrogens with zero attached hydrogens (tertiary/aromatic N) is 1. The van der Waals surface area contributed by atoms with Crippen molar-refractivity contribution in [2.24, 2.45) is 11.7 Å². The highest BCUT2D eigenvalue weighted by molar-refractivity contribution is 5.28. The second-order valence-electron chi connectivity index (χ2n) is 5.96. The Morgan fingerprint density at radius 1 is 1.11 bits per heavy atom. The number of fused-ring (bicyclic) bond motifs is 1. The molecule has 1 aliphatic heterocycles. The number of aryl methyl sites for hydroxylation is 1. The van der Waals surface area contributed by atoms with E-state index < -0.39 is 0 Å². The number of benzene rings is 1. The van der Waals surface area contributed by atoms with E-state index in [1.165, 1.54) is 50.8 Å². The smallest absolute Gasteiger partial charge is 0.0236 e. The molecule has 3 rings (SSSR count). The van der Waals surface area contributed by atoms with Gasteiger partial charge < -0.3 is 5.73 Å². The topological polar surface area (TPSA) is 29.3 Å². The maximum Gasteiger partial charge on any atom is 0.0236 e. The van der Waals surface area contributed by atoms with E-state index in [-0.39, 0.29) is 0 Å². The highest BCUT2D eigenvalue weighted by Crippen LogP contribution is 2.27. The lowest BCUT2D eigenvalue weighted by Crippen LogP contribution is -2.36. The molecule has 1 fully saturated rings. The lowest BCUT2D eigenvalue weighted by Gasteiger charge is -2.26. The van der Waals surface area contributed by atoms with E-state index >= 15 is 0 Å². The number of rotatable bonds is 2. The summed E-state index contributed by atoms with van der Waals surface area (Å²) in [6.45, 7) is 3.56. The Balaban J connectivity index is 1.67. The first kappa shape index (κ1) is 12.2. The van der Waals surface area contributed by atoms with Crippen molar-refractivity contribution in [3.63, 3.8) is 0 Å². The average molecular weight is 244 g/mol. The summed E-state index contributed by atoms with van der Waals surface area (Å²) in [5.74, 6) is 0.732. The molecule has 0 aromatic heterocycles. The summed E-state index contributed by atoms with van der Waals surface area (Å²) >= 11 is 0. The fourth-order valence-electron chi connectivity index (χ4n) is 3.55. The van der Waals surface area contributed by atoms with Crippen LogP contribution in [0.1, 0.15) is 36.8 Å². The Labute approximate surface area is 110 Å². The van der Waals surface area contributed by atoms with Gasteiger partial charge in [-0.15, -0.1) is 0 Å². The third kappa shape index (κ3) is 2.60. The minimum Gasteiger partial charge on any atom is -0.327 e. The fraction of sp³-hybridized carbons (Fsp3) is 0.625. The molecule has 2 aliphatic rings. The van der Waals surface area contributed by atoms with E-state index in [0.717, 1.165) is 12.5 Å². The Morgan fingerprint density at radius 3 is 2.72 bits per heavy atom. The molecule has 0 saturated heterocycles. The lowest BCUT2D eigenvalue weighted by molar-refractivity contribution is 0.218. The number of hydrogen-bond acceptors (Lipinski definition) is 2. The van der Waals surface area contributed by atoms with Crippen LogP contribution in [-0.2, 0) is 13.0 Å². The normalized spacial score (nSPS) is 28.9. The van der Waals surface area contributed by atoms with Gasteiger partial charge in [-0.25, -0.2) is 0 Å². The molecular weight excluding hydrogens is 220 g/mol. The molecule has 2 atom stereocenters. The van der Waals surface area contributed by atoms with Crippen molar-refractivity contribution >= 4 is 0 Å². The molecule has 0 bridgehead atoms. The maximum atomic E-state index is 6.20. The monoisotopic (exact) mass is 244 g/mol. The standard InChI is InChI=1S/C16H24N2/c17-16-9-3-7-15(16)12-18-10-4-8-13-5-1-2-6-14(13)11-18/h1-2,5-6,15-16H,3-4,7-12,17H2. The van der Waals surface area contributed by atoms with Gasteiger partial charge in [0.1, 0.15) is 0 Å². The Kier molecular flexibility index (Phi) is 3.67. The maximum absolute atomic E-state index is 6.20. The second kappa shape index (κ2) is 5.41. The molecule has 0 spiro atoms. The third-order valence-corrected chi connectivity index (χ3v) is 4.64. The Hall–Kier alpha value is -0.860. The molecule has 2 unspecified atom stereocenters. The predicted molar refractivity (Wildman–Crippen MR) is 75.4 cm³/mol. The van der Waals surface area contributed by atoms with Gasteiger partial charge in [-0.05, 0) is 49.3 Å². The SMILES string of the molecule is NC1CCCC1CN1CCCc2ccccc2C1. The summed E-state index contributed by atoms with van der Waals surface area (Å²) in [5.41, 5.74) is 9.28. The van der Waals surface area contributed by atoms with Crippen LogP contribution in [0.15, 0.2) is 24.3 Å². The van der Waals surface area contributed by atoms with Crippen molar-refractivity contribution < 1.29 is 0 Å². The molecule has 18 heavy (non-hydrogen) atoms. The summed E-state index contributed by atoms with van der Waals surface area (Å²) < 4.78 is 0. The van der Waals surface area contributed by atoms with E-state index in [9.17, 15) is 0 Å². The van der Waals surface area contributed by atoms with Gasteiger partial charge in [0.05, 0.1) is 0 Å². The van der Waals surface area contributed by atoms with Crippen molar-refractivity contribution in [2.45, 2.75) is 44.7 Å². The van der Waals surface area contributed by atoms with E-state index in [0.29, 0.717) is 6.04 Å². The Bertz CT molecular complexity index is 402. The molecular formula is C16H24N2. The van der Waals surface area contributed by atoms with Gasteiger partial charge in [0, 0.05) is 19.1 Å². The first-order valence-electron chi connectivity index (χ1n) is 7.37. The van der Waals surface area contributed by atoms with E-state index in [2.05, 4.69) is 29.2 Å². The minimum absolute atomic E-state index is 0.448. The largest absolute Gasteiger partial charge is 0.327 e. The third-order valence-electron chi connectivity index (χ3n) is 4.64. The van der Waals surface area contributed by atoms with Crippen molar-refractivity contribution in [1.29, 1.82) is 0 Å². The van der Waals surface area contributed by atoms with Crippen LogP contribution in [0.25, 0.3) is 0 Å². The lowest BCUT2D eigenvalue weighted by atomic mass is 10.0. The van der Waals surface area contributed by atoms with Crippen molar-refractivity contribution in [1.82, 2.24) is 4.90 Å². The van der Waals surface area contributed by atoms with Gasteiger partial charge in [-0.1, -0.05) is 30.7 Å². The molecule has 1 aromatic carbocycles. The molecule has 1 saturated carbocycles. The van der Waals surface area contributed by atoms with Crippen LogP contribution in [0, 0.1) is 5.92 Å². The van der Waals surface area contributed by atoms with Gasteiger partial charge in [-0.2, -0.15) is 0 Å². The van der Waals surface area contributed by atoms with Crippen LogP contribution in [0.5, 0.6) is 0 Å². The number of nitrogens with two attached hydrogens (primary N) is 1. The molecule has 1 aromatic rings. The van der Waals surface area contributed by atoms with Crippen LogP contribution >= 0.6 is 0 Å². The van der Waals surface area contributed by atoms with E-state index in [1.807, 2.05) is 0 Å². The first-order valence-corrected chi connectivity index (χ1v) is 7.37. The summed E-state index contributed by atoms with van der Waals surface area (Å²) in [6, 6.07) is 9.37. The summed E-state index contributed by atoms with van der Waals surface area (Å²) in [7, 11) is 0. The number of hydrogen-bond donors (Lipinski definition) is 1. The zero-order valence-electron chi connectivity index (χ0n) is 11.1. The molecule has 2 nitrogen and oxygen atoms in total. The van der Waals surface area contributed by atoms with Crippen LogP contribution in [0.3, 0.4) is 0 Å². The molecule has 0 amide bonds. The van der Waals surface area contributed by atoms with Crippen LogP contribution in [0.4, 0.5) is 0 Å². The Morgan fingerprint density at radius 2 is 1.94 bits per heavy atom. The van der Waals surface area contributed by atoms with Crippen LogP contribution in [-0.4, -0.2) is 24.0 Å². The van der Waals surface area contributed by atoms with Crippen LogP contribution in [0.2, 0.25) is 0 Å². The van der Waals surface area contributed by atoms with Crippen molar-refractivity contribution in [3.05, 3.63) is 35.4 Å². The summed E-state index contributed by atoms with van der Waals surface area (Å²) in [6.07, 6.45) is 6.42. The highest BCUT2D eigenvalue weighted by atomic mass is 15.1. The summed E-state index contributed by atoms with van der Waals surface area (Å²) in [5, 5.41) is 0. The molecule has 2 N–H and O–H groups in total. The van der Waals surface area contributed by atoms with Gasteiger partial charge in [0.2, 0.25) is 0 Å². The second-order valence-corrected chi connectivity index (χ2v) is 5.96. The van der Waals surface area contributed by atoms with Gasteiger partial charge in [0.15, 0.2) is 0 Å². The average Bonchev–Trinajstić information content (AvgIpc) is 2.66. The van der Waals surface area contributed by atoms with Gasteiger partial charge in [0.25, 0.3) is 0 Å².